The van der Waals surface area contributed by atoms with Crippen LogP contribution in [-0.2, 0) is 23.9 Å². The molecule has 0 saturated carbocycles. The number of nitrogens with one attached hydrogen (secondary N) is 3. The van der Waals surface area contributed by atoms with Crippen molar-refractivity contribution in [2.45, 2.75) is 65.6 Å². The van der Waals surface area contributed by atoms with Gasteiger partial charge in [-0.15, -0.1) is 0 Å². The SMILES string of the molecule is CC(C)(C)OC(=O)NCCCC(=O)N(CC(=O)NCC(=O)O)NC(=O)OC(C)(C)C. The van der Waals surface area contributed by atoms with Crippen LogP contribution in [0.4, 0.5) is 9.59 Å². The van der Waals surface area contributed by atoms with Gasteiger partial charge in [0.05, 0.1) is 0 Å². The van der Waals surface area contributed by atoms with Crippen LogP contribution in [0.3, 0.4) is 0 Å². The maximum Gasteiger partial charge on any atom is 0.426 e. The van der Waals surface area contributed by atoms with Gasteiger partial charge in [0.15, 0.2) is 0 Å². The number of nitrogens with zero attached hydrogens (tertiary/aromatic N) is 1. The van der Waals surface area contributed by atoms with Gasteiger partial charge in [-0.05, 0) is 48.0 Å². The molecule has 4 amide bonds. The van der Waals surface area contributed by atoms with Crippen molar-refractivity contribution >= 4 is 30.0 Å². The highest BCUT2D eigenvalue weighted by molar-refractivity contribution is 5.87. The number of alkyl carbamates (subject to hydrolysis) is 1. The van der Waals surface area contributed by atoms with Crippen molar-refractivity contribution in [3.8, 4) is 0 Å². The van der Waals surface area contributed by atoms with Gasteiger partial charge < -0.3 is 25.2 Å². The van der Waals surface area contributed by atoms with Crippen molar-refractivity contribution in [3.05, 3.63) is 0 Å². The van der Waals surface area contributed by atoms with Gasteiger partial charge in [-0.3, -0.25) is 14.4 Å². The third-order valence-corrected chi connectivity index (χ3v) is 2.90. The number of carboxylic acid groups (broad SMARTS) is 1. The molecule has 0 unspecified atom stereocenters. The number of hydrazine groups is 1. The summed E-state index contributed by atoms with van der Waals surface area (Å²) >= 11 is 0. The van der Waals surface area contributed by atoms with Crippen LogP contribution in [0.1, 0.15) is 54.4 Å². The Labute approximate surface area is 175 Å². The lowest BCUT2D eigenvalue weighted by molar-refractivity contribution is -0.140. The molecule has 0 saturated heterocycles. The predicted molar refractivity (Wildman–Crippen MR) is 105 cm³/mol. The summed E-state index contributed by atoms with van der Waals surface area (Å²) < 4.78 is 10.1. The topological polar surface area (TPSA) is 163 Å². The number of carbonyl (C=O) groups excluding carboxylic acids is 4. The van der Waals surface area contributed by atoms with Crippen LogP contribution in [0.2, 0.25) is 0 Å². The summed E-state index contributed by atoms with van der Waals surface area (Å²) in [7, 11) is 0. The molecule has 0 bridgehead atoms. The molecule has 0 aromatic heterocycles. The number of carbonyl (C=O) groups is 5. The smallest absolute Gasteiger partial charge is 0.426 e. The van der Waals surface area contributed by atoms with Gasteiger partial charge in [0.25, 0.3) is 0 Å². The minimum absolute atomic E-state index is 0.113. The standard InChI is InChI=1S/C18H32N4O8/c1-17(2,3)29-15(27)19-9-7-8-13(24)22(11-12(23)20-10-14(25)26)21-16(28)30-18(4,5)6/h7-11H2,1-6H3,(H,19,27)(H,20,23)(H,21,28)(H,25,26). The van der Waals surface area contributed by atoms with Crippen molar-refractivity contribution in [2.24, 2.45) is 0 Å². The molecule has 0 radical (unpaired) electrons. The summed E-state index contributed by atoms with van der Waals surface area (Å²) in [5.41, 5.74) is 0.688. The first kappa shape index (κ1) is 27.0. The first-order chi connectivity index (χ1) is 13.6. The maximum absolute atomic E-state index is 12.4. The van der Waals surface area contributed by atoms with Crippen LogP contribution in [0.5, 0.6) is 0 Å². The molecule has 0 aromatic carbocycles. The molecular weight excluding hydrogens is 400 g/mol. The van der Waals surface area contributed by atoms with E-state index in [2.05, 4.69) is 16.1 Å². The van der Waals surface area contributed by atoms with Gasteiger partial charge in [-0.1, -0.05) is 0 Å². The molecule has 172 valence electrons. The normalized spacial score (nSPS) is 11.1. The van der Waals surface area contributed by atoms with Gasteiger partial charge in [-0.25, -0.2) is 20.0 Å². The summed E-state index contributed by atoms with van der Waals surface area (Å²) in [6.07, 6.45) is -1.49. The van der Waals surface area contributed by atoms with Gasteiger partial charge in [0.1, 0.15) is 24.3 Å². The molecule has 0 aromatic rings. The second-order valence-corrected chi connectivity index (χ2v) is 8.30. The molecule has 0 aliphatic heterocycles. The Kier molecular flexibility index (Phi) is 10.6. The van der Waals surface area contributed by atoms with Crippen LogP contribution in [0.15, 0.2) is 0 Å². The summed E-state index contributed by atoms with van der Waals surface area (Å²) in [6.45, 7) is 8.91. The quantitative estimate of drug-likeness (QED) is 0.322. The highest BCUT2D eigenvalue weighted by Crippen LogP contribution is 2.08. The molecule has 30 heavy (non-hydrogen) atoms. The number of hydrogen-bond donors (Lipinski definition) is 4. The Bertz CT molecular complexity index is 637. The predicted octanol–water partition coefficient (Wildman–Crippen LogP) is 0.760. The third kappa shape index (κ3) is 14.9. The van der Waals surface area contributed by atoms with Crippen molar-refractivity contribution < 1.29 is 38.6 Å². The van der Waals surface area contributed by atoms with Crippen LogP contribution in [0, 0.1) is 0 Å². The number of carboxylic acids is 1. The van der Waals surface area contributed by atoms with Gasteiger partial charge in [0, 0.05) is 13.0 Å². The first-order valence-electron chi connectivity index (χ1n) is 9.34. The largest absolute Gasteiger partial charge is 0.480 e. The molecule has 0 fully saturated rings. The van der Waals surface area contributed by atoms with E-state index in [9.17, 15) is 24.0 Å². The Morgan fingerprint density at radius 3 is 1.90 bits per heavy atom. The van der Waals surface area contributed by atoms with Crippen molar-refractivity contribution in [1.82, 2.24) is 21.1 Å². The minimum atomic E-state index is -1.26. The number of hydrogen-bond acceptors (Lipinski definition) is 7. The van der Waals surface area contributed by atoms with E-state index in [0.717, 1.165) is 5.01 Å². The van der Waals surface area contributed by atoms with E-state index in [0.29, 0.717) is 0 Å². The lowest BCUT2D eigenvalue weighted by Gasteiger charge is -2.26. The van der Waals surface area contributed by atoms with E-state index in [-0.39, 0.29) is 19.4 Å². The number of ether oxygens (including phenoxy) is 2. The fraction of sp³-hybridized carbons (Fsp3) is 0.722. The van der Waals surface area contributed by atoms with E-state index >= 15 is 0 Å². The Hall–Kier alpha value is -3.05. The van der Waals surface area contributed by atoms with Crippen molar-refractivity contribution in [2.75, 3.05) is 19.6 Å². The zero-order valence-electron chi connectivity index (χ0n) is 18.3. The molecule has 0 rings (SSSR count). The molecule has 0 atom stereocenters. The Morgan fingerprint density at radius 1 is 0.867 bits per heavy atom. The summed E-state index contributed by atoms with van der Waals surface area (Å²) in [6, 6.07) is 0. The van der Waals surface area contributed by atoms with Crippen molar-refractivity contribution in [1.29, 1.82) is 0 Å². The maximum atomic E-state index is 12.4. The van der Waals surface area contributed by atoms with E-state index < -0.39 is 54.3 Å². The molecular formula is C18H32N4O8. The molecule has 0 aliphatic rings. The van der Waals surface area contributed by atoms with E-state index in [1.54, 1.807) is 41.5 Å². The highest BCUT2D eigenvalue weighted by Gasteiger charge is 2.23. The minimum Gasteiger partial charge on any atom is -0.480 e. The van der Waals surface area contributed by atoms with Crippen molar-refractivity contribution in [3.63, 3.8) is 0 Å². The van der Waals surface area contributed by atoms with E-state index in [4.69, 9.17) is 14.6 Å². The lowest BCUT2D eigenvalue weighted by atomic mass is 10.2. The fourth-order valence-electron chi connectivity index (χ4n) is 1.85. The molecule has 12 nitrogen and oxygen atoms in total. The van der Waals surface area contributed by atoms with Gasteiger partial charge in [-0.2, -0.15) is 0 Å². The Morgan fingerprint density at radius 2 is 1.40 bits per heavy atom. The van der Waals surface area contributed by atoms with E-state index in [1.165, 1.54) is 0 Å². The van der Waals surface area contributed by atoms with Crippen LogP contribution >= 0.6 is 0 Å². The zero-order valence-corrected chi connectivity index (χ0v) is 18.3. The number of amides is 4. The number of aliphatic carboxylic acids is 1. The van der Waals surface area contributed by atoms with Gasteiger partial charge >= 0.3 is 18.2 Å². The fourth-order valence-corrected chi connectivity index (χ4v) is 1.85. The molecule has 12 heteroatoms. The summed E-state index contributed by atoms with van der Waals surface area (Å²) in [4.78, 5) is 58.3. The average Bonchev–Trinajstić information content (AvgIpc) is 2.52. The van der Waals surface area contributed by atoms with E-state index in [1.807, 2.05) is 0 Å². The molecule has 0 spiro atoms. The van der Waals surface area contributed by atoms with Crippen LogP contribution < -0.4 is 16.1 Å². The van der Waals surface area contributed by atoms with Gasteiger partial charge in [0.2, 0.25) is 11.8 Å². The first-order valence-corrected chi connectivity index (χ1v) is 9.34. The summed E-state index contributed by atoms with van der Waals surface area (Å²) in [5, 5.41) is 13.9. The lowest BCUT2D eigenvalue weighted by Crippen LogP contribution is -2.52. The highest BCUT2D eigenvalue weighted by atomic mass is 16.6. The molecule has 0 heterocycles. The monoisotopic (exact) mass is 432 g/mol. The van der Waals surface area contributed by atoms with Crippen LogP contribution in [0.25, 0.3) is 0 Å². The number of rotatable bonds is 8. The third-order valence-electron chi connectivity index (χ3n) is 2.90. The molecule has 4 N–H and O–H groups in total. The second kappa shape index (κ2) is 11.8. The zero-order chi connectivity index (χ0) is 23.5. The Balaban J connectivity index is 4.76. The van der Waals surface area contributed by atoms with Crippen LogP contribution in [-0.4, -0.2) is 70.9 Å². The second-order valence-electron chi connectivity index (χ2n) is 8.30. The average molecular weight is 432 g/mol. The summed E-state index contributed by atoms with van der Waals surface area (Å²) in [5.74, 6) is -2.67. The molecule has 0 aliphatic carbocycles.